The standard InChI is InChI=1S/C16H12N4O5/c17-15(21)11-1-2-12(14(7-11)20(22)23)8-24-13-5-3-10(4-6-13)16-19-18-9-25-16/h1-7,9H,8H2,(H2,17,21). The van der Waals surface area contributed by atoms with Crippen LogP contribution in [0.2, 0.25) is 0 Å². The van der Waals surface area contributed by atoms with Crippen molar-refractivity contribution >= 4 is 11.6 Å². The fourth-order valence-corrected chi connectivity index (χ4v) is 2.16. The van der Waals surface area contributed by atoms with Crippen LogP contribution in [0.1, 0.15) is 15.9 Å². The zero-order valence-corrected chi connectivity index (χ0v) is 12.8. The molecule has 0 saturated heterocycles. The van der Waals surface area contributed by atoms with E-state index in [1.165, 1.54) is 18.5 Å². The van der Waals surface area contributed by atoms with Gasteiger partial charge in [-0.2, -0.15) is 0 Å². The molecule has 25 heavy (non-hydrogen) atoms. The highest BCUT2D eigenvalue weighted by molar-refractivity contribution is 5.93. The molecule has 0 atom stereocenters. The fourth-order valence-electron chi connectivity index (χ4n) is 2.16. The quantitative estimate of drug-likeness (QED) is 0.537. The van der Waals surface area contributed by atoms with E-state index in [0.717, 1.165) is 11.6 Å². The third-order valence-electron chi connectivity index (χ3n) is 3.42. The average molecular weight is 340 g/mol. The summed E-state index contributed by atoms with van der Waals surface area (Å²) in [6, 6.07) is 10.8. The lowest BCUT2D eigenvalue weighted by Gasteiger charge is -2.08. The van der Waals surface area contributed by atoms with Crippen molar-refractivity contribution in [3.8, 4) is 17.2 Å². The molecule has 0 fully saturated rings. The van der Waals surface area contributed by atoms with Crippen LogP contribution in [0.15, 0.2) is 53.3 Å². The van der Waals surface area contributed by atoms with Crippen LogP contribution in [0.25, 0.3) is 11.5 Å². The van der Waals surface area contributed by atoms with E-state index in [9.17, 15) is 14.9 Å². The number of benzene rings is 2. The zero-order valence-electron chi connectivity index (χ0n) is 12.8. The largest absolute Gasteiger partial charge is 0.489 e. The molecule has 0 spiro atoms. The van der Waals surface area contributed by atoms with Crippen molar-refractivity contribution in [1.29, 1.82) is 0 Å². The maximum Gasteiger partial charge on any atom is 0.276 e. The Morgan fingerprint density at radius 1 is 1.24 bits per heavy atom. The number of primary amides is 1. The van der Waals surface area contributed by atoms with Gasteiger partial charge in [0.05, 0.1) is 10.5 Å². The maximum atomic E-state index is 11.2. The second-order valence-electron chi connectivity index (χ2n) is 5.02. The first-order valence-corrected chi connectivity index (χ1v) is 7.11. The summed E-state index contributed by atoms with van der Waals surface area (Å²) in [6.07, 6.45) is 1.23. The van der Waals surface area contributed by atoms with Crippen molar-refractivity contribution < 1.29 is 18.9 Å². The van der Waals surface area contributed by atoms with Gasteiger partial charge in [0.2, 0.25) is 18.2 Å². The van der Waals surface area contributed by atoms with E-state index >= 15 is 0 Å². The lowest BCUT2D eigenvalue weighted by atomic mass is 10.1. The van der Waals surface area contributed by atoms with E-state index in [-0.39, 0.29) is 17.9 Å². The average Bonchev–Trinajstić information content (AvgIpc) is 3.14. The molecule has 0 saturated carbocycles. The van der Waals surface area contributed by atoms with Crippen LogP contribution in [0.3, 0.4) is 0 Å². The SMILES string of the molecule is NC(=O)c1ccc(COc2ccc(-c3nnco3)cc2)c([N+](=O)[O-])c1. The Labute approximate surface area is 141 Å². The first kappa shape index (κ1) is 16.1. The van der Waals surface area contributed by atoms with Gasteiger partial charge in [-0.25, -0.2) is 0 Å². The van der Waals surface area contributed by atoms with Gasteiger partial charge in [0.15, 0.2) is 0 Å². The van der Waals surface area contributed by atoms with E-state index in [2.05, 4.69) is 10.2 Å². The maximum absolute atomic E-state index is 11.2. The van der Waals surface area contributed by atoms with Gasteiger partial charge in [-0.1, -0.05) is 0 Å². The minimum atomic E-state index is -0.729. The lowest BCUT2D eigenvalue weighted by Crippen LogP contribution is -2.12. The number of amides is 1. The molecule has 3 rings (SSSR count). The number of nitrogens with zero attached hydrogens (tertiary/aromatic N) is 3. The van der Waals surface area contributed by atoms with Gasteiger partial charge in [0.1, 0.15) is 12.4 Å². The Morgan fingerprint density at radius 3 is 2.60 bits per heavy atom. The van der Waals surface area contributed by atoms with Crippen LogP contribution in [0.5, 0.6) is 5.75 Å². The van der Waals surface area contributed by atoms with E-state index in [1.54, 1.807) is 24.3 Å². The predicted molar refractivity (Wildman–Crippen MR) is 85.7 cm³/mol. The summed E-state index contributed by atoms with van der Waals surface area (Å²) in [5.41, 5.74) is 6.04. The molecule has 0 aliphatic rings. The molecule has 2 N–H and O–H groups in total. The minimum absolute atomic E-state index is 0.0325. The van der Waals surface area contributed by atoms with Crippen molar-refractivity contribution in [2.24, 2.45) is 5.73 Å². The molecule has 0 aliphatic heterocycles. The Hall–Kier alpha value is -3.75. The van der Waals surface area contributed by atoms with E-state index in [0.29, 0.717) is 17.2 Å². The predicted octanol–water partition coefficient (Wildman–Crippen LogP) is 2.32. The summed E-state index contributed by atoms with van der Waals surface area (Å²) < 4.78 is 10.7. The number of rotatable bonds is 6. The number of nitro benzene ring substituents is 1. The van der Waals surface area contributed by atoms with Gasteiger partial charge in [-0.05, 0) is 36.4 Å². The number of nitrogens with two attached hydrogens (primary N) is 1. The van der Waals surface area contributed by atoms with Gasteiger partial charge in [-0.15, -0.1) is 10.2 Å². The number of carbonyl (C=O) groups excluding carboxylic acids is 1. The summed E-state index contributed by atoms with van der Waals surface area (Å²) in [6.45, 7) is -0.0325. The van der Waals surface area contributed by atoms with Gasteiger partial charge in [-0.3, -0.25) is 14.9 Å². The minimum Gasteiger partial charge on any atom is -0.489 e. The number of ether oxygens (including phenoxy) is 1. The van der Waals surface area contributed by atoms with Crippen LogP contribution in [0.4, 0.5) is 5.69 Å². The van der Waals surface area contributed by atoms with Crippen LogP contribution >= 0.6 is 0 Å². The Morgan fingerprint density at radius 2 is 2.00 bits per heavy atom. The molecule has 0 radical (unpaired) electrons. The van der Waals surface area contributed by atoms with Crippen LogP contribution in [-0.4, -0.2) is 21.0 Å². The molecule has 126 valence electrons. The highest BCUT2D eigenvalue weighted by Crippen LogP contribution is 2.24. The third kappa shape index (κ3) is 3.61. The highest BCUT2D eigenvalue weighted by Gasteiger charge is 2.17. The molecule has 1 amide bonds. The number of carbonyl (C=O) groups is 1. The van der Waals surface area contributed by atoms with Crippen molar-refractivity contribution in [3.63, 3.8) is 0 Å². The second-order valence-corrected chi connectivity index (χ2v) is 5.02. The Balaban J connectivity index is 1.75. The highest BCUT2D eigenvalue weighted by atomic mass is 16.6. The van der Waals surface area contributed by atoms with E-state index < -0.39 is 10.8 Å². The van der Waals surface area contributed by atoms with Crippen molar-refractivity contribution in [2.75, 3.05) is 0 Å². The van der Waals surface area contributed by atoms with Gasteiger partial charge in [0, 0.05) is 17.2 Å². The summed E-state index contributed by atoms with van der Waals surface area (Å²) in [5, 5.41) is 18.5. The summed E-state index contributed by atoms with van der Waals surface area (Å²) in [5.74, 6) is 0.160. The van der Waals surface area contributed by atoms with Crippen LogP contribution < -0.4 is 10.5 Å². The number of nitro groups is 1. The fraction of sp³-hybridized carbons (Fsp3) is 0.0625. The number of aromatic nitrogens is 2. The van der Waals surface area contributed by atoms with Gasteiger partial charge >= 0.3 is 0 Å². The first-order valence-electron chi connectivity index (χ1n) is 7.11. The molecule has 0 unspecified atom stereocenters. The molecule has 0 aliphatic carbocycles. The summed E-state index contributed by atoms with van der Waals surface area (Å²) >= 11 is 0. The van der Waals surface area contributed by atoms with Gasteiger partial charge < -0.3 is 14.9 Å². The molecular formula is C16H12N4O5. The van der Waals surface area contributed by atoms with E-state index in [4.69, 9.17) is 14.9 Å². The molecular weight excluding hydrogens is 328 g/mol. The van der Waals surface area contributed by atoms with Crippen molar-refractivity contribution in [3.05, 3.63) is 70.1 Å². The third-order valence-corrected chi connectivity index (χ3v) is 3.42. The summed E-state index contributed by atoms with van der Waals surface area (Å²) in [4.78, 5) is 21.7. The van der Waals surface area contributed by atoms with E-state index in [1.807, 2.05) is 0 Å². The van der Waals surface area contributed by atoms with Crippen molar-refractivity contribution in [1.82, 2.24) is 10.2 Å². The zero-order chi connectivity index (χ0) is 17.8. The number of hydrogen-bond donors (Lipinski definition) is 1. The molecule has 9 nitrogen and oxygen atoms in total. The molecule has 0 bridgehead atoms. The molecule has 1 aromatic heterocycles. The van der Waals surface area contributed by atoms with Gasteiger partial charge in [0.25, 0.3) is 5.69 Å². The summed E-state index contributed by atoms with van der Waals surface area (Å²) in [7, 11) is 0. The topological polar surface area (TPSA) is 134 Å². The first-order chi connectivity index (χ1) is 12.0. The van der Waals surface area contributed by atoms with Crippen LogP contribution in [-0.2, 0) is 6.61 Å². The molecule has 1 heterocycles. The second kappa shape index (κ2) is 6.79. The number of hydrogen-bond acceptors (Lipinski definition) is 7. The monoisotopic (exact) mass is 340 g/mol. The smallest absolute Gasteiger partial charge is 0.276 e. The van der Waals surface area contributed by atoms with Crippen LogP contribution in [0, 0.1) is 10.1 Å². The normalized spacial score (nSPS) is 10.4. The Bertz CT molecular complexity index is 907. The molecule has 3 aromatic rings. The Kier molecular flexibility index (Phi) is 4.38. The van der Waals surface area contributed by atoms with Crippen molar-refractivity contribution in [2.45, 2.75) is 6.61 Å². The molecule has 9 heteroatoms. The molecule has 2 aromatic carbocycles. The lowest BCUT2D eigenvalue weighted by molar-refractivity contribution is -0.385.